The number of rotatable bonds is 48. The first-order valence-electron chi connectivity index (χ1n) is 27.8. The Balaban J connectivity index is 2.48. The van der Waals surface area contributed by atoms with Crippen LogP contribution >= 0.6 is 0 Å². The SMILES string of the molecule is CCCCCCCCCCC/C=C\CCCCCCCCC(O)C(=O)NC(COC1OC(CO)C(O)C(OS(=O)(=O)O)C1O)C(O)/C=C/CCCCCCCCCCCCCCCCCCCC. The number of hydrogen-bond donors (Lipinski definition) is 7. The summed E-state index contributed by atoms with van der Waals surface area (Å²) >= 11 is 0. The molecule has 0 saturated carbocycles. The standard InChI is InChI=1S/C54H103NO12S/c1-3-5-7-9-11-13-15-17-19-21-23-25-26-28-30-32-34-36-38-40-42-47(57)46(45-65-54-51(60)52(67-68(62,63)64)50(59)49(44-56)66-54)55-53(61)48(58)43-41-39-37-35-33-31-29-27-24-22-20-18-16-14-12-10-8-6-4-2/h24,27,40,42,46-52,54,56-60H,3-23,25-26,28-39,41,43-45H2,1-2H3,(H,55,61)(H,62,63,64)/b27-24-,42-40+. The van der Waals surface area contributed by atoms with Gasteiger partial charge in [-0.1, -0.05) is 231 Å². The summed E-state index contributed by atoms with van der Waals surface area (Å²) < 4.78 is 47.7. The maximum atomic E-state index is 13.2. The Bertz CT molecular complexity index is 1320. The molecule has 1 aliphatic heterocycles. The van der Waals surface area contributed by atoms with E-state index in [9.17, 15) is 43.3 Å². The molecule has 8 unspecified atom stereocenters. The van der Waals surface area contributed by atoms with E-state index in [1.807, 2.05) is 6.08 Å². The van der Waals surface area contributed by atoms with Crippen LogP contribution < -0.4 is 5.32 Å². The normalized spacial score (nSPS) is 20.4. The minimum Gasteiger partial charge on any atom is -0.394 e. The van der Waals surface area contributed by atoms with Crippen molar-refractivity contribution in [2.75, 3.05) is 13.2 Å². The number of aliphatic hydroxyl groups is 5. The van der Waals surface area contributed by atoms with Crippen LogP contribution in [0.4, 0.5) is 0 Å². The summed E-state index contributed by atoms with van der Waals surface area (Å²) in [5.74, 6) is -0.704. The lowest BCUT2D eigenvalue weighted by Crippen LogP contribution is -2.61. The van der Waals surface area contributed by atoms with Gasteiger partial charge in [0.05, 0.1) is 25.4 Å². The predicted octanol–water partition coefficient (Wildman–Crippen LogP) is 11.4. The van der Waals surface area contributed by atoms with Gasteiger partial charge >= 0.3 is 10.4 Å². The number of nitrogens with one attached hydrogen (secondary N) is 1. The van der Waals surface area contributed by atoms with Crippen LogP contribution in [0.1, 0.15) is 251 Å². The van der Waals surface area contributed by atoms with Gasteiger partial charge in [-0.3, -0.25) is 9.35 Å². The highest BCUT2D eigenvalue weighted by Crippen LogP contribution is 2.26. The van der Waals surface area contributed by atoms with Crippen molar-refractivity contribution in [3.05, 3.63) is 24.3 Å². The fourth-order valence-corrected chi connectivity index (χ4v) is 9.44. The number of aliphatic hydroxyl groups excluding tert-OH is 5. The van der Waals surface area contributed by atoms with Gasteiger partial charge in [0, 0.05) is 0 Å². The second kappa shape index (κ2) is 44.3. The van der Waals surface area contributed by atoms with Crippen molar-refractivity contribution >= 4 is 16.3 Å². The number of unbranched alkanes of at least 4 members (excludes halogenated alkanes) is 33. The van der Waals surface area contributed by atoms with Crippen molar-refractivity contribution in [1.29, 1.82) is 0 Å². The molecular formula is C54H103NO12S. The first-order chi connectivity index (χ1) is 32.9. The van der Waals surface area contributed by atoms with Gasteiger partial charge in [0.1, 0.15) is 30.5 Å². The fraction of sp³-hybridized carbons (Fsp3) is 0.907. The average Bonchev–Trinajstić information content (AvgIpc) is 3.31. The molecule has 1 saturated heterocycles. The van der Waals surface area contributed by atoms with E-state index >= 15 is 0 Å². The Labute approximate surface area is 415 Å². The molecule has 0 aliphatic carbocycles. The molecule has 1 fully saturated rings. The van der Waals surface area contributed by atoms with Gasteiger partial charge < -0.3 is 40.3 Å². The zero-order chi connectivity index (χ0) is 49.9. The van der Waals surface area contributed by atoms with E-state index in [0.717, 1.165) is 57.8 Å². The molecule has 68 heavy (non-hydrogen) atoms. The van der Waals surface area contributed by atoms with Crippen LogP contribution in [0.15, 0.2) is 24.3 Å². The summed E-state index contributed by atoms with van der Waals surface area (Å²) in [5, 5.41) is 55.5. The van der Waals surface area contributed by atoms with Crippen molar-refractivity contribution in [1.82, 2.24) is 5.32 Å². The predicted molar refractivity (Wildman–Crippen MR) is 275 cm³/mol. The smallest absolute Gasteiger partial charge is 0.394 e. The molecule has 7 N–H and O–H groups in total. The largest absolute Gasteiger partial charge is 0.397 e. The lowest BCUT2D eigenvalue weighted by atomic mass is 9.99. The molecule has 1 heterocycles. The summed E-state index contributed by atoms with van der Waals surface area (Å²) in [7, 11) is -5.12. The summed E-state index contributed by atoms with van der Waals surface area (Å²) in [6.45, 7) is 3.26. The number of hydrogen-bond acceptors (Lipinski definition) is 11. The molecule has 402 valence electrons. The highest BCUT2D eigenvalue weighted by Gasteiger charge is 2.48. The highest BCUT2D eigenvalue weighted by atomic mass is 32.3. The number of carbonyl (C=O) groups is 1. The number of ether oxygens (including phenoxy) is 2. The minimum absolute atomic E-state index is 0.238. The van der Waals surface area contributed by atoms with Gasteiger partial charge in [0.2, 0.25) is 5.91 Å². The van der Waals surface area contributed by atoms with E-state index in [1.54, 1.807) is 6.08 Å². The van der Waals surface area contributed by atoms with Gasteiger partial charge in [-0.05, 0) is 44.9 Å². The van der Waals surface area contributed by atoms with Gasteiger partial charge in [0.25, 0.3) is 0 Å². The van der Waals surface area contributed by atoms with Gasteiger partial charge in [-0.25, -0.2) is 4.18 Å². The third-order valence-electron chi connectivity index (χ3n) is 13.3. The molecule has 0 aromatic carbocycles. The van der Waals surface area contributed by atoms with Crippen LogP contribution in [0.3, 0.4) is 0 Å². The van der Waals surface area contributed by atoms with Crippen molar-refractivity contribution in [3.8, 4) is 0 Å². The zero-order valence-corrected chi connectivity index (χ0v) is 43.9. The van der Waals surface area contributed by atoms with Crippen LogP contribution in [0.25, 0.3) is 0 Å². The van der Waals surface area contributed by atoms with Crippen LogP contribution in [0.5, 0.6) is 0 Å². The van der Waals surface area contributed by atoms with Crippen molar-refractivity contribution < 1.29 is 57.0 Å². The van der Waals surface area contributed by atoms with Crippen LogP contribution in [0.2, 0.25) is 0 Å². The molecule has 1 rings (SSSR count). The third-order valence-corrected chi connectivity index (χ3v) is 13.8. The molecule has 0 spiro atoms. The molecule has 14 heteroatoms. The molecule has 13 nitrogen and oxygen atoms in total. The van der Waals surface area contributed by atoms with Crippen LogP contribution in [-0.4, -0.2) is 107 Å². The van der Waals surface area contributed by atoms with Gasteiger partial charge in [-0.2, -0.15) is 8.42 Å². The summed E-state index contributed by atoms with van der Waals surface area (Å²) in [6.07, 6.45) is 41.1. The molecule has 0 aromatic rings. The summed E-state index contributed by atoms with van der Waals surface area (Å²) in [5.41, 5.74) is 0. The lowest BCUT2D eigenvalue weighted by Gasteiger charge is -2.41. The molecule has 1 aliphatic rings. The highest BCUT2D eigenvalue weighted by molar-refractivity contribution is 7.80. The summed E-state index contributed by atoms with van der Waals surface area (Å²) in [6, 6.07) is -1.12. The van der Waals surface area contributed by atoms with E-state index in [1.165, 1.54) is 161 Å². The third kappa shape index (κ3) is 35.6. The zero-order valence-electron chi connectivity index (χ0n) is 43.0. The first kappa shape index (κ1) is 64.6. The van der Waals surface area contributed by atoms with Crippen molar-refractivity contribution in [3.63, 3.8) is 0 Å². The van der Waals surface area contributed by atoms with Crippen molar-refractivity contribution in [2.45, 2.75) is 300 Å². The van der Waals surface area contributed by atoms with Gasteiger partial charge in [-0.15, -0.1) is 0 Å². The van der Waals surface area contributed by atoms with Crippen LogP contribution in [-0.2, 0) is 28.9 Å². The van der Waals surface area contributed by atoms with E-state index < -0.39 is 78.5 Å². The molecular weight excluding hydrogens is 887 g/mol. The monoisotopic (exact) mass is 990 g/mol. The summed E-state index contributed by atoms with van der Waals surface area (Å²) in [4.78, 5) is 13.2. The Morgan fingerprint density at radius 2 is 0.971 bits per heavy atom. The molecule has 8 atom stereocenters. The molecule has 1 amide bonds. The lowest BCUT2D eigenvalue weighted by molar-refractivity contribution is -0.298. The topological polar surface area (TPSA) is 212 Å². The quantitative estimate of drug-likeness (QED) is 0.0172. The number of amides is 1. The second-order valence-corrected chi connectivity index (χ2v) is 20.7. The minimum atomic E-state index is -5.12. The van der Waals surface area contributed by atoms with E-state index in [0.29, 0.717) is 12.8 Å². The first-order valence-corrected chi connectivity index (χ1v) is 29.2. The maximum Gasteiger partial charge on any atom is 0.397 e. The molecule has 0 aromatic heterocycles. The van der Waals surface area contributed by atoms with E-state index in [2.05, 4.69) is 35.5 Å². The van der Waals surface area contributed by atoms with E-state index in [-0.39, 0.29) is 6.42 Å². The Morgan fingerprint density at radius 1 is 0.588 bits per heavy atom. The Kier molecular flexibility index (Phi) is 42.0. The number of carbonyl (C=O) groups excluding carboxylic acids is 1. The fourth-order valence-electron chi connectivity index (χ4n) is 8.93. The van der Waals surface area contributed by atoms with Gasteiger partial charge in [0.15, 0.2) is 6.29 Å². The molecule has 0 radical (unpaired) electrons. The molecule has 0 bridgehead atoms. The van der Waals surface area contributed by atoms with Crippen LogP contribution in [0, 0.1) is 0 Å². The Hall–Kier alpha value is -1.46. The maximum absolute atomic E-state index is 13.2. The van der Waals surface area contributed by atoms with E-state index in [4.69, 9.17) is 9.47 Å². The average molecular weight is 990 g/mol. The second-order valence-electron chi connectivity index (χ2n) is 19.7. The van der Waals surface area contributed by atoms with Crippen molar-refractivity contribution in [2.24, 2.45) is 0 Å². The number of allylic oxidation sites excluding steroid dienone is 3. The Morgan fingerprint density at radius 3 is 1.37 bits per heavy atom.